The maximum absolute atomic E-state index is 13.2. The molecule has 0 aromatic heterocycles. The predicted molar refractivity (Wildman–Crippen MR) is 132 cm³/mol. The van der Waals surface area contributed by atoms with Crippen LogP contribution in [0.25, 0.3) is 0 Å². The van der Waals surface area contributed by atoms with E-state index in [2.05, 4.69) is 40.3 Å². The average Bonchev–Trinajstić information content (AvgIpc) is 3.26. The molecule has 31 heavy (non-hydrogen) atoms. The molecular formula is C25H31BrN2O2S. The first-order chi connectivity index (χ1) is 14.9. The number of rotatable bonds is 9. The molecule has 4 nitrogen and oxygen atoms in total. The number of carbonyl (C=O) groups is 2. The second-order valence-corrected chi connectivity index (χ2v) is 10.1. The molecule has 0 bridgehead atoms. The molecule has 0 radical (unpaired) electrons. The largest absolute Gasteiger partial charge is 0.352 e. The molecule has 3 rings (SSSR count). The Bertz CT molecular complexity index is 899. The molecular weight excluding hydrogens is 472 g/mol. The summed E-state index contributed by atoms with van der Waals surface area (Å²) in [4.78, 5) is 27.8. The maximum Gasteiger partial charge on any atom is 0.242 e. The zero-order chi connectivity index (χ0) is 22.2. The number of nitrogens with zero attached hydrogens (tertiary/aromatic N) is 1. The van der Waals surface area contributed by atoms with Crippen LogP contribution in [0.5, 0.6) is 0 Å². The van der Waals surface area contributed by atoms with Gasteiger partial charge in [0.15, 0.2) is 0 Å². The van der Waals surface area contributed by atoms with Gasteiger partial charge in [-0.15, -0.1) is 11.8 Å². The Labute approximate surface area is 198 Å². The number of nitrogens with one attached hydrogen (secondary N) is 1. The molecule has 1 N–H and O–H groups in total. The van der Waals surface area contributed by atoms with Gasteiger partial charge < -0.3 is 10.2 Å². The molecule has 1 fully saturated rings. The van der Waals surface area contributed by atoms with Gasteiger partial charge in [0.05, 0.1) is 5.75 Å². The van der Waals surface area contributed by atoms with Gasteiger partial charge in [0.25, 0.3) is 0 Å². The van der Waals surface area contributed by atoms with Gasteiger partial charge in [-0.1, -0.05) is 65.2 Å². The third-order valence-corrected chi connectivity index (χ3v) is 7.31. The number of amides is 2. The molecule has 1 saturated carbocycles. The second kappa shape index (κ2) is 11.7. The number of hydrogen-bond acceptors (Lipinski definition) is 3. The van der Waals surface area contributed by atoms with Gasteiger partial charge in [-0.25, -0.2) is 0 Å². The molecule has 1 aliphatic rings. The highest BCUT2D eigenvalue weighted by atomic mass is 79.9. The SMILES string of the molecule is Cc1ccccc1CSCC(=O)N(Cc1cccc(Br)c1)C(C)C(=O)NC1CCCC1. The summed E-state index contributed by atoms with van der Waals surface area (Å²) in [5.41, 5.74) is 3.48. The number of hydrogen-bond donors (Lipinski definition) is 1. The van der Waals surface area contributed by atoms with Crippen molar-refractivity contribution in [3.05, 3.63) is 69.7 Å². The van der Waals surface area contributed by atoms with Crippen molar-refractivity contribution in [2.75, 3.05) is 5.75 Å². The van der Waals surface area contributed by atoms with Gasteiger partial charge in [0.2, 0.25) is 11.8 Å². The molecule has 0 saturated heterocycles. The molecule has 2 aromatic carbocycles. The van der Waals surface area contributed by atoms with E-state index in [1.165, 1.54) is 11.1 Å². The third kappa shape index (κ3) is 7.11. The lowest BCUT2D eigenvalue weighted by atomic mass is 10.1. The topological polar surface area (TPSA) is 49.4 Å². The molecule has 1 atom stereocenters. The van der Waals surface area contributed by atoms with E-state index in [0.29, 0.717) is 12.3 Å². The lowest BCUT2D eigenvalue weighted by molar-refractivity contribution is -0.138. The normalized spacial score (nSPS) is 14.9. The second-order valence-electron chi connectivity index (χ2n) is 8.24. The summed E-state index contributed by atoms with van der Waals surface area (Å²) in [5, 5.41) is 3.15. The smallest absolute Gasteiger partial charge is 0.242 e. The van der Waals surface area contributed by atoms with E-state index in [9.17, 15) is 9.59 Å². The van der Waals surface area contributed by atoms with E-state index >= 15 is 0 Å². The standard InChI is InChI=1S/C25H31BrN2O2S/c1-18-8-3-4-10-21(18)16-31-17-24(29)28(15-20-9-7-11-22(26)14-20)19(2)25(30)27-23-12-5-6-13-23/h3-4,7-11,14,19,23H,5-6,12-13,15-17H2,1-2H3,(H,27,30). The summed E-state index contributed by atoms with van der Waals surface area (Å²) < 4.78 is 0.967. The first-order valence-corrected chi connectivity index (χ1v) is 12.9. The fourth-order valence-corrected chi connectivity index (χ4v) is 5.34. The molecule has 0 heterocycles. The zero-order valence-corrected chi connectivity index (χ0v) is 20.7. The molecule has 1 unspecified atom stereocenters. The molecule has 166 valence electrons. The Morgan fingerprint density at radius 3 is 2.61 bits per heavy atom. The lowest BCUT2D eigenvalue weighted by Gasteiger charge is -2.29. The summed E-state index contributed by atoms with van der Waals surface area (Å²) >= 11 is 5.10. The van der Waals surface area contributed by atoms with Gasteiger partial charge in [-0.05, 0) is 55.5 Å². The van der Waals surface area contributed by atoms with Gasteiger partial charge in [0.1, 0.15) is 6.04 Å². The van der Waals surface area contributed by atoms with Crippen molar-refractivity contribution < 1.29 is 9.59 Å². The summed E-state index contributed by atoms with van der Waals surface area (Å²) in [6, 6.07) is 15.9. The zero-order valence-electron chi connectivity index (χ0n) is 18.3. The Balaban J connectivity index is 1.66. The van der Waals surface area contributed by atoms with E-state index in [0.717, 1.165) is 41.5 Å². The van der Waals surface area contributed by atoms with Crippen LogP contribution in [0.4, 0.5) is 0 Å². The minimum absolute atomic E-state index is 0.00682. The van der Waals surface area contributed by atoms with Crippen molar-refractivity contribution in [2.45, 2.75) is 63.9 Å². The van der Waals surface area contributed by atoms with Crippen molar-refractivity contribution in [3.63, 3.8) is 0 Å². The number of aryl methyl sites for hydroxylation is 1. The van der Waals surface area contributed by atoms with E-state index in [4.69, 9.17) is 0 Å². The maximum atomic E-state index is 13.2. The van der Waals surface area contributed by atoms with Crippen LogP contribution in [0.3, 0.4) is 0 Å². The minimum Gasteiger partial charge on any atom is -0.352 e. The van der Waals surface area contributed by atoms with Crippen LogP contribution >= 0.6 is 27.7 Å². The van der Waals surface area contributed by atoms with Gasteiger partial charge in [-0.3, -0.25) is 9.59 Å². The number of thioether (sulfide) groups is 1. The fourth-order valence-electron chi connectivity index (χ4n) is 3.91. The summed E-state index contributed by atoms with van der Waals surface area (Å²) in [7, 11) is 0. The van der Waals surface area contributed by atoms with Crippen LogP contribution in [0.1, 0.15) is 49.3 Å². The van der Waals surface area contributed by atoms with E-state index in [1.807, 2.05) is 43.3 Å². The van der Waals surface area contributed by atoms with Crippen molar-refractivity contribution in [1.82, 2.24) is 10.2 Å². The molecule has 2 amide bonds. The molecule has 0 spiro atoms. The van der Waals surface area contributed by atoms with Gasteiger partial charge in [-0.2, -0.15) is 0 Å². The van der Waals surface area contributed by atoms with Crippen LogP contribution in [-0.4, -0.2) is 34.6 Å². The van der Waals surface area contributed by atoms with Gasteiger partial charge >= 0.3 is 0 Å². The Hall–Kier alpha value is -1.79. The van der Waals surface area contributed by atoms with E-state index in [1.54, 1.807) is 16.7 Å². The number of halogens is 1. The Kier molecular flexibility index (Phi) is 9.02. The third-order valence-electron chi connectivity index (χ3n) is 5.86. The number of carbonyl (C=O) groups excluding carboxylic acids is 2. The van der Waals surface area contributed by atoms with Crippen LogP contribution < -0.4 is 5.32 Å². The van der Waals surface area contributed by atoms with Gasteiger partial charge in [0, 0.05) is 22.8 Å². The highest BCUT2D eigenvalue weighted by Crippen LogP contribution is 2.21. The van der Waals surface area contributed by atoms with Crippen LogP contribution in [-0.2, 0) is 21.9 Å². The number of benzene rings is 2. The average molecular weight is 504 g/mol. The molecule has 6 heteroatoms. The quantitative estimate of drug-likeness (QED) is 0.494. The fraction of sp³-hybridized carbons (Fsp3) is 0.440. The highest BCUT2D eigenvalue weighted by molar-refractivity contribution is 9.10. The molecule has 2 aromatic rings. The highest BCUT2D eigenvalue weighted by Gasteiger charge is 2.28. The van der Waals surface area contributed by atoms with Crippen molar-refractivity contribution in [1.29, 1.82) is 0 Å². The van der Waals surface area contributed by atoms with Crippen molar-refractivity contribution >= 4 is 39.5 Å². The summed E-state index contributed by atoms with van der Waals surface area (Å²) in [6.45, 7) is 4.35. The minimum atomic E-state index is -0.508. The summed E-state index contributed by atoms with van der Waals surface area (Å²) in [5.74, 6) is 1.07. The van der Waals surface area contributed by atoms with Crippen LogP contribution in [0, 0.1) is 6.92 Å². The monoisotopic (exact) mass is 502 g/mol. The molecule has 1 aliphatic carbocycles. The first-order valence-electron chi connectivity index (χ1n) is 10.9. The van der Waals surface area contributed by atoms with Crippen molar-refractivity contribution in [2.24, 2.45) is 0 Å². The van der Waals surface area contributed by atoms with Crippen LogP contribution in [0.2, 0.25) is 0 Å². The Morgan fingerprint density at radius 2 is 1.90 bits per heavy atom. The summed E-state index contributed by atoms with van der Waals surface area (Å²) in [6.07, 6.45) is 4.39. The Morgan fingerprint density at radius 1 is 1.16 bits per heavy atom. The predicted octanol–water partition coefficient (Wildman–Crippen LogP) is 5.47. The molecule has 0 aliphatic heterocycles. The lowest BCUT2D eigenvalue weighted by Crippen LogP contribution is -2.50. The van der Waals surface area contributed by atoms with Crippen LogP contribution in [0.15, 0.2) is 53.0 Å². The van der Waals surface area contributed by atoms with E-state index < -0.39 is 6.04 Å². The van der Waals surface area contributed by atoms with E-state index in [-0.39, 0.29) is 17.9 Å². The first kappa shape index (κ1) is 23.9. The van der Waals surface area contributed by atoms with Crippen molar-refractivity contribution in [3.8, 4) is 0 Å².